The third kappa shape index (κ3) is 2.88. The second-order valence-electron chi connectivity index (χ2n) is 4.63. The lowest BCUT2D eigenvalue weighted by atomic mass is 9.93. The molecule has 21 heavy (non-hydrogen) atoms. The molecule has 0 saturated heterocycles. The summed E-state index contributed by atoms with van der Waals surface area (Å²) in [5.41, 5.74) is -0.214. The zero-order chi connectivity index (χ0) is 16.5. The van der Waals surface area contributed by atoms with E-state index in [1.54, 1.807) is 0 Å². The summed E-state index contributed by atoms with van der Waals surface area (Å²) >= 11 is 0. The van der Waals surface area contributed by atoms with E-state index < -0.39 is 15.8 Å². The first-order valence-corrected chi connectivity index (χ1v) is 5.93. The molecule has 112 valence electrons. The molecule has 1 N–H and O–H groups in total. The molecule has 0 aromatic heterocycles. The molecule has 0 fully saturated rings. The number of nitro benzene ring substituents is 2. The Morgan fingerprint density at radius 2 is 1.38 bits per heavy atom. The average Bonchev–Trinajstić information content (AvgIpc) is 2.32. The van der Waals surface area contributed by atoms with Gasteiger partial charge in [0.15, 0.2) is 0 Å². The third-order valence-corrected chi connectivity index (χ3v) is 3.29. The van der Waals surface area contributed by atoms with Gasteiger partial charge in [-0.25, -0.2) is 4.79 Å². The minimum atomic E-state index is -1.19. The Hall–Kier alpha value is -2.77. The zero-order valence-corrected chi connectivity index (χ0v) is 12.0. The van der Waals surface area contributed by atoms with Crippen LogP contribution in [0.3, 0.4) is 0 Å². The van der Waals surface area contributed by atoms with Crippen molar-refractivity contribution in [2.45, 2.75) is 27.7 Å². The van der Waals surface area contributed by atoms with Crippen molar-refractivity contribution in [3.63, 3.8) is 0 Å². The SMILES string of the molecule is C/C(=C\c1c(C)c([N+](=O)[O-])c(C)c([N+](=O)[O-])c1C)C(=O)O. The summed E-state index contributed by atoms with van der Waals surface area (Å²) < 4.78 is 0. The molecule has 0 heterocycles. The van der Waals surface area contributed by atoms with Crippen LogP contribution in [0.25, 0.3) is 6.08 Å². The fraction of sp³-hybridized carbons (Fsp3) is 0.308. The van der Waals surface area contributed by atoms with E-state index in [0.29, 0.717) is 0 Å². The first kappa shape index (κ1) is 16.3. The standard InChI is InChI=1S/C13H14N2O6/c1-6(13(16)17)5-10-7(2)11(14(18)19)9(4)12(8(10)3)15(20)21/h5H,1-4H3,(H,16,17)/b6-5+. The predicted octanol–water partition coefficient (Wildman–Crippen LogP) is 2.92. The van der Waals surface area contributed by atoms with Gasteiger partial charge in [0.25, 0.3) is 11.4 Å². The summed E-state index contributed by atoms with van der Waals surface area (Å²) in [5.74, 6) is -1.19. The largest absolute Gasteiger partial charge is 0.478 e. The average molecular weight is 294 g/mol. The minimum Gasteiger partial charge on any atom is -0.478 e. The van der Waals surface area contributed by atoms with Gasteiger partial charge in [0.2, 0.25) is 0 Å². The van der Waals surface area contributed by atoms with Crippen molar-refractivity contribution < 1.29 is 19.7 Å². The van der Waals surface area contributed by atoms with Gasteiger partial charge in [-0.15, -0.1) is 0 Å². The van der Waals surface area contributed by atoms with E-state index in [1.807, 2.05) is 0 Å². The molecule has 0 amide bonds. The highest BCUT2D eigenvalue weighted by molar-refractivity contribution is 5.92. The molecule has 0 aliphatic rings. The summed E-state index contributed by atoms with van der Waals surface area (Å²) in [5, 5.41) is 31.2. The molecule has 0 radical (unpaired) electrons. The summed E-state index contributed by atoms with van der Waals surface area (Å²) in [6.07, 6.45) is 1.21. The van der Waals surface area contributed by atoms with Gasteiger partial charge in [0.1, 0.15) is 5.56 Å². The number of aliphatic carboxylic acids is 1. The quantitative estimate of drug-likeness (QED) is 0.517. The Kier molecular flexibility index (Phi) is 4.42. The van der Waals surface area contributed by atoms with Crippen LogP contribution in [-0.4, -0.2) is 20.9 Å². The molecule has 0 aliphatic carbocycles. The number of nitrogens with zero attached hydrogens (tertiary/aromatic N) is 2. The van der Waals surface area contributed by atoms with Gasteiger partial charge in [-0.3, -0.25) is 20.2 Å². The van der Waals surface area contributed by atoms with Gasteiger partial charge in [0.05, 0.1) is 9.85 Å². The monoisotopic (exact) mass is 294 g/mol. The van der Waals surface area contributed by atoms with E-state index >= 15 is 0 Å². The van der Waals surface area contributed by atoms with Gasteiger partial charge in [0, 0.05) is 16.7 Å². The first-order chi connectivity index (χ1) is 9.59. The molecule has 0 aliphatic heterocycles. The number of hydrogen-bond acceptors (Lipinski definition) is 5. The third-order valence-electron chi connectivity index (χ3n) is 3.29. The lowest BCUT2D eigenvalue weighted by molar-refractivity contribution is -0.395. The maximum atomic E-state index is 11.1. The number of rotatable bonds is 4. The van der Waals surface area contributed by atoms with Gasteiger partial charge >= 0.3 is 5.97 Å². The van der Waals surface area contributed by atoms with Crippen LogP contribution in [-0.2, 0) is 4.79 Å². The molecule has 0 spiro atoms. The van der Waals surface area contributed by atoms with Crippen LogP contribution in [0.1, 0.15) is 29.2 Å². The summed E-state index contributed by atoms with van der Waals surface area (Å²) in [4.78, 5) is 31.8. The van der Waals surface area contributed by atoms with Gasteiger partial charge in [-0.2, -0.15) is 0 Å². The van der Waals surface area contributed by atoms with Crippen LogP contribution in [0, 0.1) is 41.0 Å². The maximum Gasteiger partial charge on any atom is 0.331 e. The van der Waals surface area contributed by atoms with Crippen molar-refractivity contribution in [3.05, 3.63) is 48.1 Å². The molecule has 1 aromatic carbocycles. The van der Waals surface area contributed by atoms with E-state index in [1.165, 1.54) is 33.8 Å². The van der Waals surface area contributed by atoms with Crippen LogP contribution in [0.5, 0.6) is 0 Å². The van der Waals surface area contributed by atoms with Crippen LogP contribution >= 0.6 is 0 Å². The van der Waals surface area contributed by atoms with Gasteiger partial charge < -0.3 is 5.11 Å². The Labute approximate surface area is 120 Å². The Bertz CT molecular complexity index is 649. The number of carboxylic acids is 1. The highest BCUT2D eigenvalue weighted by Crippen LogP contribution is 2.38. The number of carboxylic acid groups (broad SMARTS) is 1. The highest BCUT2D eigenvalue weighted by atomic mass is 16.6. The summed E-state index contributed by atoms with van der Waals surface area (Å²) in [6.45, 7) is 5.53. The van der Waals surface area contributed by atoms with Crippen molar-refractivity contribution in [1.29, 1.82) is 0 Å². The van der Waals surface area contributed by atoms with Gasteiger partial charge in [-0.1, -0.05) is 0 Å². The van der Waals surface area contributed by atoms with E-state index in [0.717, 1.165) is 0 Å². The molecule has 0 unspecified atom stereocenters. The summed E-state index contributed by atoms with van der Waals surface area (Å²) in [6, 6.07) is 0. The highest BCUT2D eigenvalue weighted by Gasteiger charge is 2.30. The molecule has 1 aromatic rings. The number of hydrogen-bond donors (Lipinski definition) is 1. The molecular weight excluding hydrogens is 280 g/mol. The Morgan fingerprint density at radius 1 is 1.00 bits per heavy atom. The maximum absolute atomic E-state index is 11.1. The van der Waals surface area contributed by atoms with Crippen LogP contribution in [0.15, 0.2) is 5.57 Å². The molecule has 0 bridgehead atoms. The molecule has 0 saturated carbocycles. The lowest BCUT2D eigenvalue weighted by Gasteiger charge is -2.11. The number of nitro groups is 2. The second kappa shape index (κ2) is 5.70. The van der Waals surface area contributed by atoms with E-state index in [-0.39, 0.29) is 39.2 Å². The van der Waals surface area contributed by atoms with Crippen molar-refractivity contribution in [1.82, 2.24) is 0 Å². The smallest absolute Gasteiger partial charge is 0.331 e. The number of carbonyl (C=O) groups is 1. The fourth-order valence-electron chi connectivity index (χ4n) is 2.25. The summed E-state index contributed by atoms with van der Waals surface area (Å²) in [7, 11) is 0. The molecule has 8 nitrogen and oxygen atoms in total. The molecule has 1 rings (SSSR count). The van der Waals surface area contributed by atoms with Crippen LogP contribution < -0.4 is 0 Å². The predicted molar refractivity (Wildman–Crippen MR) is 75.2 cm³/mol. The lowest BCUT2D eigenvalue weighted by Crippen LogP contribution is -2.06. The van der Waals surface area contributed by atoms with Crippen LogP contribution in [0.2, 0.25) is 0 Å². The normalized spacial score (nSPS) is 11.3. The second-order valence-corrected chi connectivity index (χ2v) is 4.63. The number of benzene rings is 1. The Morgan fingerprint density at radius 3 is 1.67 bits per heavy atom. The minimum absolute atomic E-state index is 0.0369. The molecule has 0 atom stereocenters. The zero-order valence-electron chi connectivity index (χ0n) is 12.0. The van der Waals surface area contributed by atoms with E-state index in [9.17, 15) is 25.0 Å². The van der Waals surface area contributed by atoms with Gasteiger partial charge in [-0.05, 0) is 39.3 Å². The van der Waals surface area contributed by atoms with E-state index in [4.69, 9.17) is 5.11 Å². The van der Waals surface area contributed by atoms with Crippen molar-refractivity contribution in [2.75, 3.05) is 0 Å². The van der Waals surface area contributed by atoms with Crippen molar-refractivity contribution in [2.24, 2.45) is 0 Å². The van der Waals surface area contributed by atoms with Crippen molar-refractivity contribution >= 4 is 23.4 Å². The topological polar surface area (TPSA) is 124 Å². The van der Waals surface area contributed by atoms with Crippen molar-refractivity contribution in [3.8, 4) is 0 Å². The van der Waals surface area contributed by atoms with Crippen LogP contribution in [0.4, 0.5) is 11.4 Å². The Balaban J connectivity index is 3.89. The first-order valence-electron chi connectivity index (χ1n) is 5.93. The molecular formula is C13H14N2O6. The van der Waals surface area contributed by atoms with E-state index in [2.05, 4.69) is 0 Å². The molecule has 8 heteroatoms. The fourth-order valence-corrected chi connectivity index (χ4v) is 2.25.